The molecule has 0 bridgehead atoms. The summed E-state index contributed by atoms with van der Waals surface area (Å²) in [6.45, 7) is 7.01. The van der Waals surface area contributed by atoms with Gasteiger partial charge in [-0.1, -0.05) is 18.2 Å². The molecule has 0 saturated carbocycles. The van der Waals surface area contributed by atoms with E-state index in [1.807, 2.05) is 35.2 Å². The molecule has 0 aliphatic carbocycles. The highest BCUT2D eigenvalue weighted by Gasteiger charge is 2.25. The number of para-hydroxylation sites is 1. The first-order valence-corrected chi connectivity index (χ1v) is 9.82. The van der Waals surface area contributed by atoms with Gasteiger partial charge in [0.25, 0.3) is 5.91 Å². The minimum absolute atomic E-state index is 0. The van der Waals surface area contributed by atoms with Crippen LogP contribution >= 0.6 is 24.0 Å². The SMILES string of the molecule is CCNC(=NCCCOc1ccccc1)N1CCN(C(=O)c2ccco2)CC1.I. The van der Waals surface area contributed by atoms with Crippen LogP contribution in [0.5, 0.6) is 5.75 Å². The Balaban J connectivity index is 0.00000300. The van der Waals surface area contributed by atoms with E-state index in [9.17, 15) is 4.79 Å². The molecule has 2 aromatic rings. The van der Waals surface area contributed by atoms with Gasteiger partial charge in [0.2, 0.25) is 0 Å². The first-order valence-electron chi connectivity index (χ1n) is 9.82. The van der Waals surface area contributed by atoms with Gasteiger partial charge in [0.05, 0.1) is 12.9 Å². The highest BCUT2D eigenvalue weighted by molar-refractivity contribution is 14.0. The van der Waals surface area contributed by atoms with E-state index in [1.54, 1.807) is 12.1 Å². The van der Waals surface area contributed by atoms with Gasteiger partial charge in [-0.2, -0.15) is 0 Å². The van der Waals surface area contributed by atoms with Crippen molar-refractivity contribution >= 4 is 35.8 Å². The van der Waals surface area contributed by atoms with Gasteiger partial charge in [0.15, 0.2) is 11.7 Å². The number of ether oxygens (including phenoxy) is 1. The first kappa shape index (κ1) is 23.1. The number of hydrogen-bond donors (Lipinski definition) is 1. The molecule has 1 aliphatic heterocycles. The van der Waals surface area contributed by atoms with Crippen LogP contribution in [0.4, 0.5) is 0 Å². The molecule has 1 aromatic heterocycles. The number of hydrogen-bond acceptors (Lipinski definition) is 4. The van der Waals surface area contributed by atoms with E-state index in [-0.39, 0.29) is 29.9 Å². The largest absolute Gasteiger partial charge is 0.494 e. The third-order valence-electron chi connectivity index (χ3n) is 4.51. The molecule has 1 saturated heterocycles. The van der Waals surface area contributed by atoms with Crippen LogP contribution in [0.3, 0.4) is 0 Å². The molecule has 1 aliphatic rings. The number of nitrogens with zero attached hydrogens (tertiary/aromatic N) is 3. The summed E-state index contributed by atoms with van der Waals surface area (Å²) in [5.41, 5.74) is 0. The summed E-state index contributed by atoms with van der Waals surface area (Å²) in [4.78, 5) is 21.1. The van der Waals surface area contributed by atoms with Crippen LogP contribution in [-0.2, 0) is 0 Å². The van der Waals surface area contributed by atoms with Gasteiger partial charge in [-0.3, -0.25) is 9.79 Å². The maximum absolute atomic E-state index is 12.4. The Hall–Kier alpha value is -2.23. The van der Waals surface area contributed by atoms with Crippen molar-refractivity contribution in [2.24, 2.45) is 4.99 Å². The number of piperazine rings is 1. The maximum Gasteiger partial charge on any atom is 0.289 e. The molecule has 29 heavy (non-hydrogen) atoms. The molecule has 1 amide bonds. The van der Waals surface area contributed by atoms with Crippen LogP contribution in [0.2, 0.25) is 0 Å². The maximum atomic E-state index is 12.4. The lowest BCUT2D eigenvalue weighted by Gasteiger charge is -2.36. The van der Waals surface area contributed by atoms with Crippen LogP contribution in [-0.4, -0.2) is 67.5 Å². The minimum atomic E-state index is -0.0512. The van der Waals surface area contributed by atoms with Gasteiger partial charge in [0.1, 0.15) is 5.75 Å². The van der Waals surface area contributed by atoms with E-state index in [0.717, 1.165) is 37.8 Å². The Kier molecular flexibility index (Phi) is 9.82. The fourth-order valence-corrected chi connectivity index (χ4v) is 3.06. The van der Waals surface area contributed by atoms with Crippen LogP contribution in [0.15, 0.2) is 58.1 Å². The topological polar surface area (TPSA) is 70.3 Å². The smallest absolute Gasteiger partial charge is 0.289 e. The predicted molar refractivity (Wildman–Crippen MR) is 124 cm³/mol. The Morgan fingerprint density at radius 2 is 1.83 bits per heavy atom. The predicted octanol–water partition coefficient (Wildman–Crippen LogP) is 3.09. The van der Waals surface area contributed by atoms with Crippen molar-refractivity contribution in [3.8, 4) is 5.75 Å². The van der Waals surface area contributed by atoms with Crippen molar-refractivity contribution in [3.05, 3.63) is 54.5 Å². The molecule has 2 heterocycles. The molecule has 8 heteroatoms. The lowest BCUT2D eigenvalue weighted by atomic mass is 10.3. The van der Waals surface area contributed by atoms with Gasteiger partial charge in [-0.05, 0) is 31.2 Å². The van der Waals surface area contributed by atoms with Crippen LogP contribution in [0.1, 0.15) is 23.9 Å². The average Bonchev–Trinajstić information content (AvgIpc) is 3.28. The van der Waals surface area contributed by atoms with E-state index >= 15 is 0 Å². The molecule has 1 aromatic carbocycles. The number of nitrogens with one attached hydrogen (secondary N) is 1. The van der Waals surface area contributed by atoms with Crippen molar-refractivity contribution < 1.29 is 13.9 Å². The number of carbonyl (C=O) groups is 1. The van der Waals surface area contributed by atoms with Gasteiger partial charge < -0.3 is 24.3 Å². The second kappa shape index (κ2) is 12.4. The molecule has 1 N–H and O–H groups in total. The Labute approximate surface area is 189 Å². The summed E-state index contributed by atoms with van der Waals surface area (Å²) >= 11 is 0. The molecule has 158 valence electrons. The number of benzene rings is 1. The highest BCUT2D eigenvalue weighted by Crippen LogP contribution is 2.10. The summed E-state index contributed by atoms with van der Waals surface area (Å²) in [7, 11) is 0. The average molecular weight is 512 g/mol. The van der Waals surface area contributed by atoms with Crippen LogP contribution < -0.4 is 10.1 Å². The van der Waals surface area contributed by atoms with Gasteiger partial charge >= 0.3 is 0 Å². The summed E-state index contributed by atoms with van der Waals surface area (Å²) < 4.78 is 10.9. The molecule has 0 spiro atoms. The highest BCUT2D eigenvalue weighted by atomic mass is 127. The molecular formula is C21H29IN4O3. The molecular weight excluding hydrogens is 483 g/mol. The second-order valence-corrected chi connectivity index (χ2v) is 6.51. The number of carbonyl (C=O) groups excluding carboxylic acids is 1. The Morgan fingerprint density at radius 1 is 1.10 bits per heavy atom. The van der Waals surface area contributed by atoms with Crippen LogP contribution in [0.25, 0.3) is 0 Å². The van der Waals surface area contributed by atoms with E-state index in [0.29, 0.717) is 32.0 Å². The monoisotopic (exact) mass is 512 g/mol. The zero-order valence-corrected chi connectivity index (χ0v) is 19.1. The van der Waals surface area contributed by atoms with Gasteiger partial charge in [0, 0.05) is 45.7 Å². The van der Waals surface area contributed by atoms with Crippen molar-refractivity contribution in [1.82, 2.24) is 15.1 Å². The number of furan rings is 1. The molecule has 0 radical (unpaired) electrons. The number of aliphatic imine (C=N–C) groups is 1. The summed E-state index contributed by atoms with van der Waals surface area (Å²) in [6, 6.07) is 13.3. The Bertz CT molecular complexity index is 745. The summed E-state index contributed by atoms with van der Waals surface area (Å²) in [5, 5.41) is 3.35. The lowest BCUT2D eigenvalue weighted by molar-refractivity contribution is 0.0657. The molecule has 0 atom stereocenters. The van der Waals surface area contributed by atoms with Crippen molar-refractivity contribution in [2.45, 2.75) is 13.3 Å². The summed E-state index contributed by atoms with van der Waals surface area (Å²) in [5.74, 6) is 2.13. The second-order valence-electron chi connectivity index (χ2n) is 6.51. The number of amides is 1. The number of halogens is 1. The first-order chi connectivity index (χ1) is 13.8. The van der Waals surface area contributed by atoms with E-state index < -0.39 is 0 Å². The van der Waals surface area contributed by atoms with Crippen molar-refractivity contribution in [1.29, 1.82) is 0 Å². The zero-order chi connectivity index (χ0) is 19.6. The third-order valence-corrected chi connectivity index (χ3v) is 4.51. The minimum Gasteiger partial charge on any atom is -0.494 e. The fraction of sp³-hybridized carbons (Fsp3) is 0.429. The molecule has 3 rings (SSSR count). The number of rotatable bonds is 7. The zero-order valence-electron chi connectivity index (χ0n) is 16.8. The van der Waals surface area contributed by atoms with Crippen molar-refractivity contribution in [3.63, 3.8) is 0 Å². The van der Waals surface area contributed by atoms with E-state index in [2.05, 4.69) is 17.1 Å². The lowest BCUT2D eigenvalue weighted by Crippen LogP contribution is -2.53. The van der Waals surface area contributed by atoms with Crippen LogP contribution in [0, 0.1) is 0 Å². The van der Waals surface area contributed by atoms with Gasteiger partial charge in [-0.25, -0.2) is 0 Å². The molecule has 0 unspecified atom stereocenters. The van der Waals surface area contributed by atoms with E-state index in [1.165, 1.54) is 6.26 Å². The van der Waals surface area contributed by atoms with Gasteiger partial charge in [-0.15, -0.1) is 24.0 Å². The van der Waals surface area contributed by atoms with Crippen molar-refractivity contribution in [2.75, 3.05) is 45.9 Å². The number of guanidine groups is 1. The molecule has 1 fully saturated rings. The third kappa shape index (κ3) is 6.95. The van der Waals surface area contributed by atoms with E-state index in [4.69, 9.17) is 14.1 Å². The standard InChI is InChI=1S/C21H28N4O3.HI/c1-2-22-21(23-11-7-17-27-18-8-4-3-5-9-18)25-14-12-24(13-15-25)20(26)19-10-6-16-28-19;/h3-6,8-10,16H,2,7,11-15,17H2,1H3,(H,22,23);1H. The summed E-state index contributed by atoms with van der Waals surface area (Å²) in [6.07, 6.45) is 2.38. The quantitative estimate of drug-likeness (QED) is 0.267. The normalized spacial score (nSPS) is 14.3. The Morgan fingerprint density at radius 3 is 2.48 bits per heavy atom. The fourth-order valence-electron chi connectivity index (χ4n) is 3.06. The molecule has 7 nitrogen and oxygen atoms in total.